The highest BCUT2D eigenvalue weighted by atomic mass is 32.2. The molecule has 0 atom stereocenters. The molecule has 0 radical (unpaired) electrons. The van der Waals surface area contributed by atoms with Crippen LogP contribution in [0.1, 0.15) is 5.56 Å². The molecule has 0 aliphatic rings. The monoisotopic (exact) mass is 290 g/mol. The molecule has 0 heterocycles. The van der Waals surface area contributed by atoms with Crippen molar-refractivity contribution in [3.05, 3.63) is 70.3 Å². The molecular weight excluding hydrogens is 280 g/mol. The molecule has 6 nitrogen and oxygen atoms in total. The fourth-order valence-corrected chi connectivity index (χ4v) is 2.33. The Kier molecular flexibility index (Phi) is 3.90. The van der Waals surface area contributed by atoms with Gasteiger partial charge in [0.15, 0.2) is 0 Å². The minimum atomic E-state index is -3.85. The Morgan fingerprint density at radius 2 is 1.60 bits per heavy atom. The number of benzene rings is 2. The Morgan fingerprint density at radius 3 is 2.15 bits per heavy atom. The lowest BCUT2D eigenvalue weighted by Gasteiger charge is -1.98. The Labute approximate surface area is 115 Å². The van der Waals surface area contributed by atoms with Crippen LogP contribution in [0, 0.1) is 10.1 Å². The summed E-state index contributed by atoms with van der Waals surface area (Å²) < 4.78 is 27.4. The van der Waals surface area contributed by atoms with Gasteiger partial charge in [-0.1, -0.05) is 30.3 Å². The summed E-state index contributed by atoms with van der Waals surface area (Å²) in [6, 6.07) is 13.4. The third kappa shape index (κ3) is 3.27. The van der Waals surface area contributed by atoms with Crippen molar-refractivity contribution in [3.8, 4) is 0 Å². The van der Waals surface area contributed by atoms with E-state index in [2.05, 4.69) is 4.40 Å². The molecule has 0 fully saturated rings. The Hall–Kier alpha value is -2.54. The number of hydrogen-bond acceptors (Lipinski definition) is 4. The maximum Gasteiger partial charge on any atom is 0.282 e. The first kappa shape index (κ1) is 13.9. The predicted molar refractivity (Wildman–Crippen MR) is 74.3 cm³/mol. The highest BCUT2D eigenvalue weighted by Gasteiger charge is 2.13. The van der Waals surface area contributed by atoms with Crippen molar-refractivity contribution < 1.29 is 13.3 Å². The summed E-state index contributed by atoms with van der Waals surface area (Å²) in [4.78, 5) is 9.82. The standard InChI is InChI=1S/C13H10N2O4S/c16-15(17)12-6-8-13(9-7-12)20(18,19)14-10-11-4-2-1-3-5-11/h1-10H/b14-10-. The molecule has 0 saturated heterocycles. The van der Waals surface area contributed by atoms with Gasteiger partial charge in [-0.15, -0.1) is 0 Å². The molecule has 0 bridgehead atoms. The van der Waals surface area contributed by atoms with Crippen molar-refractivity contribution in [1.29, 1.82) is 0 Å². The summed E-state index contributed by atoms with van der Waals surface area (Å²) in [5, 5.41) is 10.5. The van der Waals surface area contributed by atoms with Crippen molar-refractivity contribution in [2.75, 3.05) is 0 Å². The molecule has 0 saturated carbocycles. The third-order valence-corrected chi connectivity index (χ3v) is 3.74. The SMILES string of the molecule is O=[N+]([O-])c1ccc(S(=O)(=O)/N=C\c2ccccc2)cc1. The first-order chi connectivity index (χ1) is 9.49. The quantitative estimate of drug-likeness (QED) is 0.491. The van der Waals surface area contributed by atoms with Crippen LogP contribution in [0.25, 0.3) is 0 Å². The van der Waals surface area contributed by atoms with Crippen molar-refractivity contribution in [2.45, 2.75) is 4.90 Å². The molecular formula is C13H10N2O4S. The average Bonchev–Trinajstić information content (AvgIpc) is 2.46. The van der Waals surface area contributed by atoms with E-state index in [1.807, 2.05) is 6.07 Å². The second-order valence-electron chi connectivity index (χ2n) is 3.87. The van der Waals surface area contributed by atoms with E-state index < -0.39 is 14.9 Å². The van der Waals surface area contributed by atoms with Crippen LogP contribution in [0.5, 0.6) is 0 Å². The Balaban J connectivity index is 2.27. The summed E-state index contributed by atoms with van der Waals surface area (Å²) >= 11 is 0. The average molecular weight is 290 g/mol. The van der Waals surface area contributed by atoms with Crippen molar-refractivity contribution in [2.24, 2.45) is 4.40 Å². The van der Waals surface area contributed by atoms with Crippen LogP contribution < -0.4 is 0 Å². The smallest absolute Gasteiger partial charge is 0.258 e. The van der Waals surface area contributed by atoms with Gasteiger partial charge in [-0.05, 0) is 17.7 Å². The summed E-state index contributed by atoms with van der Waals surface area (Å²) in [6.07, 6.45) is 1.23. The number of nitro groups is 1. The van der Waals surface area contributed by atoms with E-state index in [4.69, 9.17) is 0 Å². The van der Waals surface area contributed by atoms with Crippen LogP contribution in [0.3, 0.4) is 0 Å². The molecule has 2 aromatic rings. The topological polar surface area (TPSA) is 89.6 Å². The van der Waals surface area contributed by atoms with E-state index >= 15 is 0 Å². The molecule has 0 aliphatic carbocycles. The normalized spacial score (nSPS) is 11.6. The lowest BCUT2D eigenvalue weighted by Crippen LogP contribution is -1.98. The molecule has 0 aromatic heterocycles. The van der Waals surface area contributed by atoms with Gasteiger partial charge in [-0.25, -0.2) is 0 Å². The summed E-state index contributed by atoms with van der Waals surface area (Å²) in [6.45, 7) is 0. The van der Waals surface area contributed by atoms with Crippen LogP contribution >= 0.6 is 0 Å². The van der Waals surface area contributed by atoms with E-state index in [1.165, 1.54) is 6.21 Å². The molecule has 0 N–H and O–H groups in total. The zero-order chi connectivity index (χ0) is 14.6. The minimum absolute atomic E-state index is 0.0877. The van der Waals surface area contributed by atoms with Crippen LogP contribution in [0.15, 0.2) is 63.9 Å². The third-order valence-electron chi connectivity index (χ3n) is 2.49. The minimum Gasteiger partial charge on any atom is -0.258 e. The van der Waals surface area contributed by atoms with Crippen LogP contribution in [-0.4, -0.2) is 19.6 Å². The Bertz CT molecular complexity index is 738. The Morgan fingerprint density at radius 1 is 1.00 bits per heavy atom. The van der Waals surface area contributed by atoms with Gasteiger partial charge in [0.1, 0.15) is 0 Å². The number of hydrogen-bond donors (Lipinski definition) is 0. The molecule has 0 aliphatic heterocycles. The predicted octanol–water partition coefficient (Wildman–Crippen LogP) is 2.40. The molecule has 0 unspecified atom stereocenters. The first-order valence-corrected chi connectivity index (χ1v) is 7.03. The van der Waals surface area contributed by atoms with Gasteiger partial charge in [0.2, 0.25) is 0 Å². The number of nitro benzene ring substituents is 1. The summed E-state index contributed by atoms with van der Waals surface area (Å²) in [5.74, 6) is 0. The molecule has 0 spiro atoms. The molecule has 0 amide bonds. The van der Waals surface area contributed by atoms with Gasteiger partial charge in [-0.2, -0.15) is 12.8 Å². The maximum absolute atomic E-state index is 11.9. The van der Waals surface area contributed by atoms with Crippen LogP contribution in [-0.2, 0) is 10.0 Å². The number of rotatable bonds is 4. The van der Waals surface area contributed by atoms with Crippen molar-refractivity contribution in [3.63, 3.8) is 0 Å². The van der Waals surface area contributed by atoms with E-state index in [-0.39, 0.29) is 10.6 Å². The molecule has 102 valence electrons. The van der Waals surface area contributed by atoms with E-state index in [1.54, 1.807) is 24.3 Å². The number of nitrogens with zero attached hydrogens (tertiary/aromatic N) is 2. The maximum atomic E-state index is 11.9. The molecule has 7 heteroatoms. The van der Waals surface area contributed by atoms with Gasteiger partial charge in [0.05, 0.1) is 9.82 Å². The van der Waals surface area contributed by atoms with Crippen LogP contribution in [0.4, 0.5) is 5.69 Å². The zero-order valence-electron chi connectivity index (χ0n) is 10.2. The summed E-state index contributed by atoms with van der Waals surface area (Å²) in [7, 11) is -3.85. The van der Waals surface area contributed by atoms with Crippen LogP contribution in [0.2, 0.25) is 0 Å². The second-order valence-corrected chi connectivity index (χ2v) is 5.50. The van der Waals surface area contributed by atoms with Gasteiger partial charge < -0.3 is 0 Å². The summed E-state index contributed by atoms with van der Waals surface area (Å²) in [5.41, 5.74) is 0.481. The number of sulfonamides is 1. The van der Waals surface area contributed by atoms with Gasteiger partial charge in [0, 0.05) is 18.3 Å². The second kappa shape index (κ2) is 5.62. The molecule has 2 aromatic carbocycles. The largest absolute Gasteiger partial charge is 0.282 e. The van der Waals surface area contributed by atoms with Crippen molar-refractivity contribution >= 4 is 21.9 Å². The van der Waals surface area contributed by atoms with Gasteiger partial charge >= 0.3 is 0 Å². The fraction of sp³-hybridized carbons (Fsp3) is 0. The molecule has 2 rings (SSSR count). The fourth-order valence-electron chi connectivity index (χ4n) is 1.47. The lowest BCUT2D eigenvalue weighted by molar-refractivity contribution is -0.384. The van der Waals surface area contributed by atoms with E-state index in [0.717, 1.165) is 24.3 Å². The highest BCUT2D eigenvalue weighted by molar-refractivity contribution is 7.90. The van der Waals surface area contributed by atoms with E-state index in [0.29, 0.717) is 5.56 Å². The van der Waals surface area contributed by atoms with Gasteiger partial charge in [0.25, 0.3) is 15.7 Å². The lowest BCUT2D eigenvalue weighted by atomic mass is 10.2. The molecule has 20 heavy (non-hydrogen) atoms. The highest BCUT2D eigenvalue weighted by Crippen LogP contribution is 2.17. The number of non-ortho nitro benzene ring substituents is 1. The van der Waals surface area contributed by atoms with E-state index in [9.17, 15) is 18.5 Å². The zero-order valence-corrected chi connectivity index (χ0v) is 11.0. The first-order valence-electron chi connectivity index (χ1n) is 5.59. The van der Waals surface area contributed by atoms with Gasteiger partial charge in [-0.3, -0.25) is 10.1 Å². The van der Waals surface area contributed by atoms with Crippen molar-refractivity contribution in [1.82, 2.24) is 0 Å².